The number of ether oxygens (including phenoxy) is 1. The highest BCUT2D eigenvalue weighted by atomic mass is 79.9. The van der Waals surface area contributed by atoms with Gasteiger partial charge in [-0.15, -0.1) is 0 Å². The van der Waals surface area contributed by atoms with Crippen molar-refractivity contribution in [3.05, 3.63) is 64.6 Å². The largest absolute Gasteiger partial charge is 0.481 e. The van der Waals surface area contributed by atoms with Gasteiger partial charge in [-0.05, 0) is 30.2 Å². The molecule has 0 radical (unpaired) electrons. The summed E-state index contributed by atoms with van der Waals surface area (Å²) in [5.41, 5.74) is 1.16. The normalized spacial score (nSPS) is 9.61. The summed E-state index contributed by atoms with van der Waals surface area (Å²) in [4.78, 5) is 11.7. The number of benzene rings is 2. The van der Waals surface area contributed by atoms with Crippen molar-refractivity contribution in [2.45, 2.75) is 12.8 Å². The molecule has 0 atom stereocenters. The zero-order chi connectivity index (χ0) is 16.3. The topological polar surface area (TPSA) is 38.3 Å². The molecule has 0 aromatic heterocycles. The summed E-state index contributed by atoms with van der Waals surface area (Å²) in [6.45, 7) is 0.645. The van der Waals surface area contributed by atoms with E-state index in [-0.39, 0.29) is 5.91 Å². The van der Waals surface area contributed by atoms with Crippen LogP contribution in [0.5, 0.6) is 5.75 Å². The molecule has 1 N–H and O–H groups in total. The highest BCUT2D eigenvalue weighted by molar-refractivity contribution is 9.10. The van der Waals surface area contributed by atoms with Gasteiger partial charge in [-0.1, -0.05) is 64.2 Å². The van der Waals surface area contributed by atoms with Gasteiger partial charge in [0.05, 0.1) is 6.54 Å². The van der Waals surface area contributed by atoms with Crippen LogP contribution < -0.4 is 10.1 Å². The zero-order valence-corrected chi connectivity index (χ0v) is 14.3. The molecule has 4 heteroatoms. The van der Waals surface area contributed by atoms with Crippen molar-refractivity contribution in [3.63, 3.8) is 0 Å². The molecular weight excluding hydrogens is 354 g/mol. The van der Waals surface area contributed by atoms with Gasteiger partial charge in [0.1, 0.15) is 12.4 Å². The van der Waals surface area contributed by atoms with E-state index in [9.17, 15) is 4.79 Å². The third-order valence-electron chi connectivity index (χ3n) is 3.09. The van der Waals surface area contributed by atoms with Crippen molar-refractivity contribution in [2.75, 3.05) is 13.2 Å². The highest BCUT2D eigenvalue weighted by Crippen LogP contribution is 2.17. The molecule has 0 heterocycles. The van der Waals surface area contributed by atoms with Crippen LogP contribution in [0.2, 0.25) is 0 Å². The summed E-state index contributed by atoms with van der Waals surface area (Å²) in [6, 6.07) is 17.6. The van der Waals surface area contributed by atoms with E-state index in [4.69, 9.17) is 4.74 Å². The molecule has 118 valence electrons. The molecule has 3 nitrogen and oxygen atoms in total. The summed E-state index contributed by atoms with van der Waals surface area (Å²) >= 11 is 3.38. The van der Waals surface area contributed by atoms with E-state index in [0.717, 1.165) is 22.2 Å². The number of nitrogens with one attached hydrogen (secondary N) is 1. The molecule has 0 fully saturated rings. The van der Waals surface area contributed by atoms with Gasteiger partial charge >= 0.3 is 0 Å². The van der Waals surface area contributed by atoms with Gasteiger partial charge < -0.3 is 10.1 Å². The van der Waals surface area contributed by atoms with Crippen LogP contribution in [-0.4, -0.2) is 19.1 Å². The van der Waals surface area contributed by atoms with E-state index >= 15 is 0 Å². The van der Waals surface area contributed by atoms with Crippen LogP contribution in [0.1, 0.15) is 12.0 Å². The molecule has 2 rings (SSSR count). The van der Waals surface area contributed by atoms with E-state index in [2.05, 4.69) is 33.1 Å². The van der Waals surface area contributed by atoms with Crippen molar-refractivity contribution in [2.24, 2.45) is 0 Å². The fourth-order valence-corrected chi connectivity index (χ4v) is 2.30. The predicted molar refractivity (Wildman–Crippen MR) is 95.2 cm³/mol. The van der Waals surface area contributed by atoms with Crippen LogP contribution in [0.25, 0.3) is 0 Å². The van der Waals surface area contributed by atoms with E-state index in [0.29, 0.717) is 19.6 Å². The van der Waals surface area contributed by atoms with E-state index < -0.39 is 0 Å². The Morgan fingerprint density at radius 3 is 2.70 bits per heavy atom. The second-order valence-corrected chi connectivity index (χ2v) is 5.78. The predicted octanol–water partition coefficient (Wildman–Crippen LogP) is 3.58. The minimum absolute atomic E-state index is 0.0102. The second kappa shape index (κ2) is 9.70. The van der Waals surface area contributed by atoms with Crippen molar-refractivity contribution in [1.29, 1.82) is 0 Å². The Morgan fingerprint density at radius 1 is 1.09 bits per heavy atom. The molecule has 2 aromatic rings. The van der Waals surface area contributed by atoms with Crippen molar-refractivity contribution < 1.29 is 9.53 Å². The van der Waals surface area contributed by atoms with Gasteiger partial charge in [0.25, 0.3) is 0 Å². The summed E-state index contributed by atoms with van der Waals surface area (Å²) in [6.07, 6.45) is 1.21. The van der Waals surface area contributed by atoms with Crippen molar-refractivity contribution in [3.8, 4) is 17.6 Å². The number of amides is 1. The summed E-state index contributed by atoms with van der Waals surface area (Å²) in [7, 11) is 0. The second-order valence-electron chi connectivity index (χ2n) is 4.86. The average molecular weight is 372 g/mol. The molecular formula is C19H18BrNO2. The number of halogens is 1. The Hall–Kier alpha value is -2.25. The fourth-order valence-electron chi connectivity index (χ4n) is 1.92. The van der Waals surface area contributed by atoms with Crippen LogP contribution in [0, 0.1) is 11.8 Å². The van der Waals surface area contributed by atoms with Gasteiger partial charge in [-0.2, -0.15) is 0 Å². The highest BCUT2D eigenvalue weighted by Gasteiger charge is 2.00. The molecule has 2 aromatic carbocycles. The first-order chi connectivity index (χ1) is 11.2. The van der Waals surface area contributed by atoms with Crippen LogP contribution >= 0.6 is 15.9 Å². The molecule has 0 aliphatic heterocycles. The lowest BCUT2D eigenvalue weighted by Crippen LogP contribution is -2.23. The van der Waals surface area contributed by atoms with Gasteiger partial charge in [-0.25, -0.2) is 0 Å². The minimum atomic E-state index is 0.0102. The van der Waals surface area contributed by atoms with Crippen molar-refractivity contribution >= 4 is 21.8 Å². The lowest BCUT2D eigenvalue weighted by atomic mass is 10.1. The third-order valence-corrected chi connectivity index (χ3v) is 3.58. The zero-order valence-electron chi connectivity index (χ0n) is 12.7. The Morgan fingerprint density at radius 2 is 1.91 bits per heavy atom. The molecule has 0 aliphatic rings. The number of rotatable bonds is 6. The van der Waals surface area contributed by atoms with E-state index in [1.807, 2.05) is 54.6 Å². The van der Waals surface area contributed by atoms with Gasteiger partial charge in [0, 0.05) is 10.9 Å². The van der Waals surface area contributed by atoms with Crippen LogP contribution in [0.4, 0.5) is 0 Å². The number of carbonyl (C=O) groups excluding carboxylic acids is 1. The quantitative estimate of drug-likeness (QED) is 0.788. The Kier molecular flexibility index (Phi) is 7.22. The minimum Gasteiger partial charge on any atom is -0.481 e. The van der Waals surface area contributed by atoms with E-state index in [1.165, 1.54) is 0 Å². The molecule has 23 heavy (non-hydrogen) atoms. The number of hydrogen-bond acceptors (Lipinski definition) is 2. The van der Waals surface area contributed by atoms with Crippen LogP contribution in [0.3, 0.4) is 0 Å². The Bertz CT molecular complexity index is 689. The van der Waals surface area contributed by atoms with Gasteiger partial charge in [0.15, 0.2) is 0 Å². The summed E-state index contributed by atoms with van der Waals surface area (Å²) in [5, 5.41) is 2.79. The molecule has 0 unspecified atom stereocenters. The smallest absolute Gasteiger partial charge is 0.221 e. The van der Waals surface area contributed by atoms with Crippen LogP contribution in [-0.2, 0) is 11.2 Å². The molecule has 0 spiro atoms. The maximum atomic E-state index is 11.7. The SMILES string of the molecule is O=C(CCc1ccccc1)NCC#CCOc1cccc(Br)c1. The van der Waals surface area contributed by atoms with Crippen LogP contribution in [0.15, 0.2) is 59.1 Å². The first-order valence-electron chi connectivity index (χ1n) is 7.39. The fraction of sp³-hybridized carbons (Fsp3) is 0.211. The molecule has 0 aliphatic carbocycles. The van der Waals surface area contributed by atoms with Crippen molar-refractivity contribution in [1.82, 2.24) is 5.32 Å². The van der Waals surface area contributed by atoms with E-state index in [1.54, 1.807) is 0 Å². The maximum Gasteiger partial charge on any atom is 0.221 e. The number of carbonyl (C=O) groups is 1. The molecule has 0 saturated carbocycles. The molecule has 0 bridgehead atoms. The van der Waals surface area contributed by atoms with Gasteiger partial charge in [-0.3, -0.25) is 4.79 Å². The Labute approximate surface area is 145 Å². The first kappa shape index (κ1) is 17.1. The van der Waals surface area contributed by atoms with Gasteiger partial charge in [0.2, 0.25) is 5.91 Å². The molecule has 0 saturated heterocycles. The Balaban J connectivity index is 1.60. The average Bonchev–Trinajstić information content (AvgIpc) is 2.57. The summed E-state index contributed by atoms with van der Waals surface area (Å²) in [5.74, 6) is 6.54. The maximum absolute atomic E-state index is 11.7. The monoisotopic (exact) mass is 371 g/mol. The standard InChI is InChI=1S/C19H18BrNO2/c20-17-9-6-10-18(15-17)23-14-5-4-13-21-19(22)12-11-16-7-2-1-3-8-16/h1-3,6-10,15H,11-14H2,(H,21,22). The number of hydrogen-bond donors (Lipinski definition) is 1. The summed E-state index contributed by atoms with van der Waals surface area (Å²) < 4.78 is 6.45. The number of aryl methyl sites for hydroxylation is 1. The lowest BCUT2D eigenvalue weighted by Gasteiger charge is -2.02. The third kappa shape index (κ3) is 7.03. The lowest BCUT2D eigenvalue weighted by molar-refractivity contribution is -0.120. The molecule has 1 amide bonds. The first-order valence-corrected chi connectivity index (χ1v) is 8.18.